The number of rotatable bonds is 12. The molecule has 1 N–H and O–H groups in total. The molecule has 0 saturated carbocycles. The molecule has 3 aromatic rings. The second kappa shape index (κ2) is 13.5. The maximum absolute atomic E-state index is 14.2. The largest absolute Gasteiger partial charge is 0.493 e. The number of sulfonamides is 1. The number of nitrogens with one attached hydrogen (secondary N) is 1. The number of methoxy groups -OCH3 is 2. The number of amides is 2. The van der Waals surface area contributed by atoms with Crippen molar-refractivity contribution in [2.75, 3.05) is 31.6 Å². The second-order valence-electron chi connectivity index (χ2n) is 9.89. The van der Waals surface area contributed by atoms with Crippen molar-refractivity contribution >= 4 is 27.5 Å². The Labute approximate surface area is 243 Å². The summed E-state index contributed by atoms with van der Waals surface area (Å²) in [5, 5.41) is 2.77. The fraction of sp³-hybridized carbons (Fsp3) is 0.355. The van der Waals surface area contributed by atoms with Crippen molar-refractivity contribution in [3.05, 3.63) is 82.9 Å². The summed E-state index contributed by atoms with van der Waals surface area (Å²) < 4.78 is 40.1. The topological polar surface area (TPSA) is 105 Å². The van der Waals surface area contributed by atoms with Crippen molar-refractivity contribution < 1.29 is 27.5 Å². The van der Waals surface area contributed by atoms with Crippen molar-refractivity contribution in [3.8, 4) is 11.5 Å². The highest BCUT2D eigenvalue weighted by atomic mass is 32.2. The highest BCUT2D eigenvalue weighted by Gasteiger charge is 2.33. The van der Waals surface area contributed by atoms with Crippen molar-refractivity contribution in [2.24, 2.45) is 0 Å². The van der Waals surface area contributed by atoms with E-state index in [2.05, 4.69) is 5.32 Å². The number of hydrogen-bond acceptors (Lipinski definition) is 6. The lowest BCUT2D eigenvalue weighted by molar-refractivity contribution is -0.139. The molecule has 0 heterocycles. The Hall–Kier alpha value is -4.05. The Balaban J connectivity index is 2.12. The first-order valence-electron chi connectivity index (χ1n) is 13.4. The first-order chi connectivity index (χ1) is 19.4. The Bertz CT molecular complexity index is 1490. The number of carbonyl (C=O) groups excluding carboxylic acids is 2. The van der Waals surface area contributed by atoms with Gasteiger partial charge in [-0.25, -0.2) is 8.42 Å². The van der Waals surface area contributed by atoms with Crippen LogP contribution in [0.5, 0.6) is 11.5 Å². The number of carbonyl (C=O) groups is 2. The molecule has 0 aromatic heterocycles. The minimum Gasteiger partial charge on any atom is -0.493 e. The molecule has 41 heavy (non-hydrogen) atoms. The van der Waals surface area contributed by atoms with E-state index in [1.165, 1.54) is 37.3 Å². The van der Waals surface area contributed by atoms with Gasteiger partial charge in [0, 0.05) is 19.2 Å². The van der Waals surface area contributed by atoms with E-state index in [0.717, 1.165) is 26.6 Å². The predicted octanol–water partition coefficient (Wildman–Crippen LogP) is 4.38. The van der Waals surface area contributed by atoms with Crippen LogP contribution in [0.1, 0.15) is 36.1 Å². The van der Waals surface area contributed by atoms with E-state index in [1.807, 2.05) is 51.1 Å². The van der Waals surface area contributed by atoms with Crippen molar-refractivity contribution in [3.63, 3.8) is 0 Å². The molecule has 0 aliphatic rings. The minimum absolute atomic E-state index is 0.0654. The highest BCUT2D eigenvalue weighted by Crippen LogP contribution is 2.33. The van der Waals surface area contributed by atoms with Gasteiger partial charge in [-0.1, -0.05) is 30.3 Å². The fourth-order valence-electron chi connectivity index (χ4n) is 4.60. The number of nitrogens with zero attached hydrogens (tertiary/aromatic N) is 2. The number of aryl methyl sites for hydroxylation is 3. The van der Waals surface area contributed by atoms with Gasteiger partial charge in [0.1, 0.15) is 12.6 Å². The summed E-state index contributed by atoms with van der Waals surface area (Å²) in [6.45, 7) is 9.12. The summed E-state index contributed by atoms with van der Waals surface area (Å²) in [6.07, 6.45) is 0. The zero-order valence-electron chi connectivity index (χ0n) is 24.7. The lowest BCUT2D eigenvalue weighted by atomic mass is 10.1. The second-order valence-corrected chi connectivity index (χ2v) is 11.8. The quantitative estimate of drug-likeness (QED) is 0.341. The lowest BCUT2D eigenvalue weighted by Crippen LogP contribution is -2.51. The van der Waals surface area contributed by atoms with Crippen LogP contribution < -0.4 is 19.1 Å². The molecular formula is C31H39N3O6S. The van der Waals surface area contributed by atoms with Crippen molar-refractivity contribution in [1.82, 2.24) is 10.2 Å². The molecule has 0 radical (unpaired) electrons. The molecule has 0 saturated heterocycles. The third-order valence-electron chi connectivity index (χ3n) is 6.84. The van der Waals surface area contributed by atoms with Gasteiger partial charge in [0.15, 0.2) is 11.5 Å². The van der Waals surface area contributed by atoms with Crippen molar-refractivity contribution in [1.29, 1.82) is 0 Å². The Kier molecular flexibility index (Phi) is 10.4. The molecule has 0 unspecified atom stereocenters. The first-order valence-corrected chi connectivity index (χ1v) is 14.8. The lowest BCUT2D eigenvalue weighted by Gasteiger charge is -2.32. The number of likely N-dealkylation sites (N-methyl/N-ethyl adjacent to an activating group) is 1. The molecule has 0 aliphatic heterocycles. The minimum atomic E-state index is -4.26. The molecule has 220 valence electrons. The van der Waals surface area contributed by atoms with E-state index < -0.39 is 28.5 Å². The van der Waals surface area contributed by atoms with Gasteiger partial charge in [0.2, 0.25) is 11.8 Å². The van der Waals surface area contributed by atoms with Crippen LogP contribution in [0.25, 0.3) is 0 Å². The fourth-order valence-corrected chi connectivity index (χ4v) is 6.02. The summed E-state index contributed by atoms with van der Waals surface area (Å²) >= 11 is 0. The first kappa shape index (κ1) is 31.5. The number of ether oxygens (including phenoxy) is 2. The van der Waals surface area contributed by atoms with Gasteiger partial charge in [-0.05, 0) is 81.1 Å². The Morgan fingerprint density at radius 2 is 1.54 bits per heavy atom. The van der Waals surface area contributed by atoms with E-state index in [0.29, 0.717) is 18.0 Å². The maximum atomic E-state index is 14.2. The third kappa shape index (κ3) is 7.38. The van der Waals surface area contributed by atoms with Crippen LogP contribution in [0, 0.1) is 20.8 Å². The monoisotopic (exact) mass is 581 g/mol. The van der Waals surface area contributed by atoms with E-state index in [4.69, 9.17) is 9.47 Å². The van der Waals surface area contributed by atoms with Crippen LogP contribution in [-0.2, 0) is 26.2 Å². The number of anilines is 1. The zero-order valence-corrected chi connectivity index (χ0v) is 25.5. The molecule has 3 rings (SSSR count). The number of hydrogen-bond donors (Lipinski definition) is 1. The van der Waals surface area contributed by atoms with Crippen LogP contribution in [0.4, 0.5) is 5.69 Å². The molecule has 0 bridgehead atoms. The van der Waals surface area contributed by atoms with Gasteiger partial charge in [0.25, 0.3) is 10.0 Å². The third-order valence-corrected chi connectivity index (χ3v) is 8.61. The van der Waals surface area contributed by atoms with E-state index in [9.17, 15) is 18.0 Å². The molecular weight excluding hydrogens is 542 g/mol. The van der Waals surface area contributed by atoms with Gasteiger partial charge in [-0.3, -0.25) is 13.9 Å². The van der Waals surface area contributed by atoms with E-state index in [-0.39, 0.29) is 23.1 Å². The van der Waals surface area contributed by atoms with Crippen LogP contribution >= 0.6 is 0 Å². The standard InChI is InChI=1S/C31H39N3O6S/c1-8-32-31(36)24(5)33(19-25-12-10-9-11-23(25)4)30(35)20-34(26-16-21(2)15-22(3)17-26)41(37,38)27-13-14-28(39-6)29(18-27)40-7/h9-18,24H,8,19-20H2,1-7H3,(H,32,36)/t24-/m0/s1. The normalized spacial score (nSPS) is 11.9. The molecule has 9 nitrogen and oxygen atoms in total. The summed E-state index contributed by atoms with van der Waals surface area (Å²) in [5.41, 5.74) is 3.84. The highest BCUT2D eigenvalue weighted by molar-refractivity contribution is 7.92. The summed E-state index contributed by atoms with van der Waals surface area (Å²) in [6, 6.07) is 16.4. The number of benzene rings is 3. The van der Waals surface area contributed by atoms with Crippen molar-refractivity contribution in [2.45, 2.75) is 52.1 Å². The molecule has 10 heteroatoms. The van der Waals surface area contributed by atoms with Gasteiger partial charge >= 0.3 is 0 Å². The summed E-state index contributed by atoms with van der Waals surface area (Å²) in [7, 11) is -1.38. The Morgan fingerprint density at radius 1 is 0.902 bits per heavy atom. The molecule has 1 atom stereocenters. The van der Waals surface area contributed by atoms with Gasteiger partial charge < -0.3 is 19.7 Å². The Morgan fingerprint density at radius 3 is 2.12 bits per heavy atom. The molecule has 3 aromatic carbocycles. The van der Waals surface area contributed by atoms with E-state index >= 15 is 0 Å². The average molecular weight is 582 g/mol. The van der Waals surface area contributed by atoms with Crippen LogP contribution in [0.2, 0.25) is 0 Å². The van der Waals surface area contributed by atoms with Gasteiger partial charge in [0.05, 0.1) is 24.8 Å². The SMILES string of the molecule is CCNC(=O)[C@H](C)N(Cc1ccccc1C)C(=O)CN(c1cc(C)cc(C)c1)S(=O)(=O)c1ccc(OC)c(OC)c1. The van der Waals surface area contributed by atoms with Gasteiger partial charge in [-0.15, -0.1) is 0 Å². The molecule has 2 amide bonds. The van der Waals surface area contributed by atoms with Gasteiger partial charge in [-0.2, -0.15) is 0 Å². The maximum Gasteiger partial charge on any atom is 0.264 e. The summed E-state index contributed by atoms with van der Waals surface area (Å²) in [5.74, 6) is -0.225. The average Bonchev–Trinajstić information content (AvgIpc) is 2.94. The zero-order chi connectivity index (χ0) is 30.3. The summed E-state index contributed by atoms with van der Waals surface area (Å²) in [4.78, 5) is 28.3. The molecule has 0 spiro atoms. The van der Waals surface area contributed by atoms with Crippen LogP contribution in [0.3, 0.4) is 0 Å². The molecule has 0 fully saturated rings. The van der Waals surface area contributed by atoms with E-state index in [1.54, 1.807) is 26.0 Å². The van der Waals surface area contributed by atoms with Crippen LogP contribution in [-0.4, -0.2) is 58.5 Å². The molecule has 0 aliphatic carbocycles. The predicted molar refractivity (Wildman–Crippen MR) is 160 cm³/mol. The van der Waals surface area contributed by atoms with Crippen LogP contribution in [0.15, 0.2) is 65.6 Å². The smallest absolute Gasteiger partial charge is 0.264 e.